The molecule has 2 heterocycles. The number of para-hydroxylation sites is 1. The van der Waals surface area contributed by atoms with Gasteiger partial charge in [-0.15, -0.1) is 0 Å². The maximum atomic E-state index is 12.6. The molecule has 3 aromatic rings. The number of nitrogens with zero attached hydrogens (tertiary/aromatic N) is 2. The Morgan fingerprint density at radius 3 is 2.83 bits per heavy atom. The average molecular weight is 314 g/mol. The number of aryl methyl sites for hydroxylation is 1. The largest absolute Gasteiger partial charge is 0.496 e. The number of hydrogen-bond acceptors (Lipinski definition) is 5. The Kier molecular flexibility index (Phi) is 3.61. The molecule has 7 heteroatoms. The zero-order valence-corrected chi connectivity index (χ0v) is 12.6. The van der Waals surface area contributed by atoms with Gasteiger partial charge in [0.1, 0.15) is 28.8 Å². The van der Waals surface area contributed by atoms with Gasteiger partial charge in [-0.1, -0.05) is 18.2 Å². The number of carboxylic acid groups (broad SMARTS) is 1. The molecule has 0 atom stereocenters. The molecule has 0 aliphatic rings. The monoisotopic (exact) mass is 314 g/mol. The minimum absolute atomic E-state index is 0.0209. The van der Waals surface area contributed by atoms with E-state index < -0.39 is 11.5 Å². The van der Waals surface area contributed by atoms with Crippen molar-refractivity contribution in [3.05, 3.63) is 57.8 Å². The average Bonchev–Trinajstić information content (AvgIpc) is 2.87. The molecule has 0 saturated heterocycles. The number of fused-ring (bicyclic) bond motifs is 1. The fraction of sp³-hybridized carbons (Fsp3) is 0.188. The smallest absolute Gasteiger partial charge is 0.340 e. The van der Waals surface area contributed by atoms with Crippen molar-refractivity contribution in [3.8, 4) is 5.75 Å². The number of aromatic nitrogens is 2. The third-order valence-electron chi connectivity index (χ3n) is 3.60. The van der Waals surface area contributed by atoms with Crippen molar-refractivity contribution < 1.29 is 19.1 Å². The molecule has 2 aromatic heterocycles. The third-order valence-corrected chi connectivity index (χ3v) is 3.60. The number of carbonyl (C=O) groups is 1. The summed E-state index contributed by atoms with van der Waals surface area (Å²) in [7, 11) is 1.55. The molecule has 23 heavy (non-hydrogen) atoms. The first-order chi connectivity index (χ1) is 11.0. The fourth-order valence-corrected chi connectivity index (χ4v) is 2.52. The van der Waals surface area contributed by atoms with Gasteiger partial charge in [0.2, 0.25) is 5.71 Å². The van der Waals surface area contributed by atoms with Crippen LogP contribution in [0, 0.1) is 6.92 Å². The Hall–Kier alpha value is -3.09. The Labute approximate surface area is 130 Å². The summed E-state index contributed by atoms with van der Waals surface area (Å²) >= 11 is 0. The predicted octanol–water partition coefficient (Wildman–Crippen LogP) is 2.05. The highest BCUT2D eigenvalue weighted by Gasteiger charge is 2.22. The van der Waals surface area contributed by atoms with Crippen LogP contribution in [0.4, 0.5) is 0 Å². The number of furan rings is 1. The van der Waals surface area contributed by atoms with Crippen LogP contribution in [0.3, 0.4) is 0 Å². The number of rotatable bonds is 4. The van der Waals surface area contributed by atoms with E-state index in [1.807, 2.05) is 18.2 Å². The zero-order valence-electron chi connectivity index (χ0n) is 12.6. The summed E-state index contributed by atoms with van der Waals surface area (Å²) in [5.41, 5.74) is 0.207. The van der Waals surface area contributed by atoms with Crippen molar-refractivity contribution in [1.29, 1.82) is 0 Å². The van der Waals surface area contributed by atoms with E-state index in [2.05, 4.69) is 4.98 Å². The molecule has 0 bridgehead atoms. The normalized spacial score (nSPS) is 10.9. The lowest BCUT2D eigenvalue weighted by Crippen LogP contribution is -2.22. The first kappa shape index (κ1) is 14.8. The van der Waals surface area contributed by atoms with Crippen LogP contribution in [-0.2, 0) is 6.54 Å². The van der Waals surface area contributed by atoms with E-state index in [1.165, 1.54) is 17.8 Å². The van der Waals surface area contributed by atoms with Gasteiger partial charge < -0.3 is 14.3 Å². The van der Waals surface area contributed by atoms with E-state index in [9.17, 15) is 14.7 Å². The first-order valence-corrected chi connectivity index (χ1v) is 6.86. The van der Waals surface area contributed by atoms with Crippen molar-refractivity contribution in [2.24, 2.45) is 0 Å². The van der Waals surface area contributed by atoms with E-state index >= 15 is 0 Å². The molecule has 1 aromatic carbocycles. The van der Waals surface area contributed by atoms with Crippen molar-refractivity contribution in [2.45, 2.75) is 13.5 Å². The summed E-state index contributed by atoms with van der Waals surface area (Å²) in [4.78, 5) is 28.0. The maximum Gasteiger partial charge on any atom is 0.340 e. The first-order valence-electron chi connectivity index (χ1n) is 6.86. The molecular weight excluding hydrogens is 300 g/mol. The minimum atomic E-state index is -1.21. The molecule has 0 aliphatic heterocycles. The molecule has 0 unspecified atom stereocenters. The summed E-state index contributed by atoms with van der Waals surface area (Å²) < 4.78 is 11.9. The lowest BCUT2D eigenvalue weighted by atomic mass is 10.2. The number of aromatic carboxylic acids is 1. The van der Waals surface area contributed by atoms with Gasteiger partial charge in [0.25, 0.3) is 5.56 Å². The molecule has 0 amide bonds. The van der Waals surface area contributed by atoms with Gasteiger partial charge in [-0.2, -0.15) is 0 Å². The Morgan fingerprint density at radius 1 is 1.39 bits per heavy atom. The van der Waals surface area contributed by atoms with Gasteiger partial charge in [0.15, 0.2) is 0 Å². The number of ether oxygens (including phenoxy) is 1. The summed E-state index contributed by atoms with van der Waals surface area (Å²) in [6, 6.07) is 7.28. The second-order valence-electron chi connectivity index (χ2n) is 5.01. The van der Waals surface area contributed by atoms with Gasteiger partial charge >= 0.3 is 5.97 Å². The standard InChI is InChI=1S/C16H14N2O5/c1-9-12(16(20)21)13-14(23-9)17-8-18(15(13)19)7-10-5-3-4-6-11(10)22-2/h3-6,8H,7H2,1-2H3,(H,20,21). The summed E-state index contributed by atoms with van der Waals surface area (Å²) in [5, 5.41) is 9.26. The number of hydrogen-bond donors (Lipinski definition) is 1. The van der Waals surface area contributed by atoms with E-state index in [-0.39, 0.29) is 29.0 Å². The highest BCUT2D eigenvalue weighted by molar-refractivity contribution is 6.02. The quantitative estimate of drug-likeness (QED) is 0.792. The minimum Gasteiger partial charge on any atom is -0.496 e. The maximum absolute atomic E-state index is 12.6. The Balaban J connectivity index is 2.16. The van der Waals surface area contributed by atoms with Gasteiger partial charge in [-0.3, -0.25) is 9.36 Å². The molecule has 7 nitrogen and oxygen atoms in total. The summed E-state index contributed by atoms with van der Waals surface area (Å²) in [6.07, 6.45) is 1.34. The predicted molar refractivity (Wildman–Crippen MR) is 82.1 cm³/mol. The highest BCUT2D eigenvalue weighted by Crippen LogP contribution is 2.22. The van der Waals surface area contributed by atoms with E-state index in [4.69, 9.17) is 9.15 Å². The van der Waals surface area contributed by atoms with E-state index in [0.29, 0.717) is 5.75 Å². The van der Waals surface area contributed by atoms with Crippen LogP contribution in [0.15, 0.2) is 39.8 Å². The van der Waals surface area contributed by atoms with Crippen LogP contribution in [0.5, 0.6) is 5.75 Å². The second kappa shape index (κ2) is 5.60. The fourth-order valence-electron chi connectivity index (χ4n) is 2.52. The summed E-state index contributed by atoms with van der Waals surface area (Å²) in [6.45, 7) is 1.71. The SMILES string of the molecule is COc1ccccc1Cn1cnc2oc(C)c(C(=O)O)c2c1=O. The van der Waals surface area contributed by atoms with Gasteiger partial charge in [-0.05, 0) is 13.0 Å². The lowest BCUT2D eigenvalue weighted by molar-refractivity contribution is 0.0697. The van der Waals surface area contributed by atoms with Crippen molar-refractivity contribution in [1.82, 2.24) is 9.55 Å². The molecule has 3 rings (SSSR count). The van der Waals surface area contributed by atoms with Crippen molar-refractivity contribution in [2.75, 3.05) is 7.11 Å². The van der Waals surface area contributed by atoms with Crippen molar-refractivity contribution in [3.63, 3.8) is 0 Å². The topological polar surface area (TPSA) is 94.6 Å². The van der Waals surface area contributed by atoms with E-state index in [1.54, 1.807) is 13.2 Å². The molecule has 0 saturated carbocycles. The van der Waals surface area contributed by atoms with Crippen molar-refractivity contribution >= 4 is 17.1 Å². The van der Waals surface area contributed by atoms with Crippen LogP contribution in [0.2, 0.25) is 0 Å². The van der Waals surface area contributed by atoms with Crippen LogP contribution in [-0.4, -0.2) is 27.7 Å². The molecule has 0 spiro atoms. The van der Waals surface area contributed by atoms with Gasteiger partial charge in [0, 0.05) is 5.56 Å². The van der Waals surface area contributed by atoms with Gasteiger partial charge in [-0.25, -0.2) is 9.78 Å². The van der Waals surface area contributed by atoms with Crippen LogP contribution in [0.25, 0.3) is 11.1 Å². The van der Waals surface area contributed by atoms with Crippen LogP contribution >= 0.6 is 0 Å². The third kappa shape index (κ3) is 2.46. The molecule has 0 radical (unpaired) electrons. The molecular formula is C16H14N2O5. The Bertz CT molecular complexity index is 955. The molecule has 1 N–H and O–H groups in total. The molecule has 118 valence electrons. The van der Waals surface area contributed by atoms with Gasteiger partial charge in [0.05, 0.1) is 13.7 Å². The Morgan fingerprint density at radius 2 is 2.13 bits per heavy atom. The highest BCUT2D eigenvalue weighted by atomic mass is 16.5. The van der Waals surface area contributed by atoms with E-state index in [0.717, 1.165) is 5.56 Å². The number of methoxy groups -OCH3 is 1. The summed E-state index contributed by atoms with van der Waals surface area (Å²) in [5.74, 6) is -0.413. The second-order valence-corrected chi connectivity index (χ2v) is 5.01. The molecule has 0 fully saturated rings. The molecule has 0 aliphatic carbocycles. The van der Waals surface area contributed by atoms with Crippen LogP contribution in [0.1, 0.15) is 21.7 Å². The zero-order chi connectivity index (χ0) is 16.6. The van der Waals surface area contributed by atoms with Crippen LogP contribution < -0.4 is 10.3 Å². The number of carboxylic acids is 1. The number of benzene rings is 1. The lowest BCUT2D eigenvalue weighted by Gasteiger charge is -2.09.